The molecule has 0 N–H and O–H groups in total. The summed E-state index contributed by atoms with van der Waals surface area (Å²) in [6, 6.07) is 16.3. The summed E-state index contributed by atoms with van der Waals surface area (Å²) in [5.74, 6) is 0.959. The molecule has 0 radical (unpaired) electrons. The smallest absolute Gasteiger partial charge is 0.279 e. The second-order valence-electron chi connectivity index (χ2n) is 8.26. The number of amides is 1. The molecule has 33 heavy (non-hydrogen) atoms. The predicted molar refractivity (Wildman–Crippen MR) is 134 cm³/mol. The number of allylic oxidation sites excluding steroid dienone is 4. The first-order valence-corrected chi connectivity index (χ1v) is 12.2. The van der Waals surface area contributed by atoms with Crippen LogP contribution in [0.2, 0.25) is 0 Å². The van der Waals surface area contributed by atoms with Crippen LogP contribution in [0.25, 0.3) is 10.2 Å². The minimum Gasteiger partial charge on any atom is -0.431 e. The SMILES string of the molecule is O=C(C1=CCC=CC=C1)N1CCN(CCc2ccc(Oc3nc4ccccc4s3)cc2)CC1. The van der Waals surface area contributed by atoms with Gasteiger partial charge in [-0.2, -0.15) is 0 Å². The average Bonchev–Trinajstić information content (AvgIpc) is 3.06. The molecule has 1 aliphatic heterocycles. The van der Waals surface area contributed by atoms with Crippen molar-refractivity contribution in [3.8, 4) is 10.9 Å². The fraction of sp³-hybridized carbons (Fsp3) is 0.259. The molecule has 0 saturated carbocycles. The minimum absolute atomic E-state index is 0.151. The van der Waals surface area contributed by atoms with Crippen LogP contribution in [0.5, 0.6) is 10.9 Å². The number of nitrogens with zero attached hydrogens (tertiary/aromatic N) is 3. The van der Waals surface area contributed by atoms with Crippen LogP contribution in [0.15, 0.2) is 84.5 Å². The molecule has 0 bridgehead atoms. The topological polar surface area (TPSA) is 45.7 Å². The lowest BCUT2D eigenvalue weighted by Crippen LogP contribution is -2.49. The second-order valence-corrected chi connectivity index (χ2v) is 9.25. The van der Waals surface area contributed by atoms with Crippen LogP contribution in [-0.4, -0.2) is 53.4 Å². The molecular weight excluding hydrogens is 430 g/mol. The van der Waals surface area contributed by atoms with Gasteiger partial charge in [0.25, 0.3) is 11.1 Å². The zero-order valence-electron chi connectivity index (χ0n) is 18.5. The fourth-order valence-corrected chi connectivity index (χ4v) is 4.94. The Kier molecular flexibility index (Phi) is 6.65. The van der Waals surface area contributed by atoms with Crippen LogP contribution < -0.4 is 4.74 Å². The summed E-state index contributed by atoms with van der Waals surface area (Å²) >= 11 is 1.56. The number of thiazole rings is 1. The molecule has 1 saturated heterocycles. The molecule has 0 unspecified atom stereocenters. The highest BCUT2D eigenvalue weighted by Crippen LogP contribution is 2.31. The van der Waals surface area contributed by atoms with Gasteiger partial charge in [0, 0.05) is 38.3 Å². The van der Waals surface area contributed by atoms with Crippen molar-refractivity contribution in [1.82, 2.24) is 14.8 Å². The Labute approximate surface area is 198 Å². The number of rotatable bonds is 6. The summed E-state index contributed by atoms with van der Waals surface area (Å²) in [6.45, 7) is 4.39. The van der Waals surface area contributed by atoms with E-state index in [4.69, 9.17) is 4.74 Å². The van der Waals surface area contributed by atoms with Gasteiger partial charge >= 0.3 is 0 Å². The minimum atomic E-state index is 0.151. The predicted octanol–water partition coefficient (Wildman–Crippen LogP) is 5.22. The maximum atomic E-state index is 12.8. The number of aromatic nitrogens is 1. The lowest BCUT2D eigenvalue weighted by atomic mass is 10.1. The Balaban J connectivity index is 1.09. The maximum Gasteiger partial charge on any atom is 0.279 e. The van der Waals surface area contributed by atoms with E-state index < -0.39 is 0 Å². The Bertz CT molecular complexity index is 1170. The van der Waals surface area contributed by atoms with Gasteiger partial charge in [-0.25, -0.2) is 4.98 Å². The number of hydrogen-bond acceptors (Lipinski definition) is 5. The molecule has 1 aliphatic carbocycles. The number of carbonyl (C=O) groups excluding carboxylic acids is 1. The number of ether oxygens (including phenoxy) is 1. The zero-order valence-corrected chi connectivity index (χ0v) is 19.3. The Morgan fingerprint density at radius 1 is 1.00 bits per heavy atom. The Hall–Kier alpha value is -3.22. The van der Waals surface area contributed by atoms with Gasteiger partial charge in [-0.1, -0.05) is 59.9 Å². The van der Waals surface area contributed by atoms with Gasteiger partial charge in [-0.3, -0.25) is 9.69 Å². The molecule has 0 atom stereocenters. The highest BCUT2D eigenvalue weighted by Gasteiger charge is 2.22. The van der Waals surface area contributed by atoms with Gasteiger partial charge in [0.2, 0.25) is 0 Å². The van der Waals surface area contributed by atoms with E-state index in [9.17, 15) is 4.79 Å². The highest BCUT2D eigenvalue weighted by molar-refractivity contribution is 7.20. The van der Waals surface area contributed by atoms with Crippen LogP contribution in [0.4, 0.5) is 0 Å². The van der Waals surface area contributed by atoms with Crippen molar-refractivity contribution in [1.29, 1.82) is 0 Å². The van der Waals surface area contributed by atoms with Gasteiger partial charge in [0.15, 0.2) is 0 Å². The summed E-state index contributed by atoms with van der Waals surface area (Å²) in [6.07, 6.45) is 11.7. The van der Waals surface area contributed by atoms with E-state index >= 15 is 0 Å². The standard InChI is InChI=1S/C27H27N3O2S/c31-26(22-7-3-1-2-4-8-22)30-19-17-29(18-20-30)16-15-21-11-13-23(14-12-21)32-27-28-24-9-5-6-10-25(24)33-27/h1-3,5-14H,4,15-20H2. The van der Waals surface area contributed by atoms with Gasteiger partial charge < -0.3 is 9.64 Å². The van der Waals surface area contributed by atoms with Crippen LogP contribution >= 0.6 is 11.3 Å². The van der Waals surface area contributed by atoms with Crippen molar-refractivity contribution < 1.29 is 9.53 Å². The molecule has 2 aromatic carbocycles. The third kappa shape index (κ3) is 5.41. The van der Waals surface area contributed by atoms with Crippen LogP contribution in [0.1, 0.15) is 12.0 Å². The van der Waals surface area contributed by atoms with E-state index in [0.29, 0.717) is 5.19 Å². The molecule has 0 spiro atoms. The lowest BCUT2D eigenvalue weighted by molar-refractivity contribution is -0.128. The van der Waals surface area contributed by atoms with E-state index in [2.05, 4.69) is 34.2 Å². The summed E-state index contributed by atoms with van der Waals surface area (Å²) in [7, 11) is 0. The zero-order chi connectivity index (χ0) is 22.5. The van der Waals surface area contributed by atoms with Crippen molar-refractivity contribution in [3.63, 3.8) is 0 Å². The molecule has 6 heteroatoms. The van der Waals surface area contributed by atoms with Gasteiger partial charge in [0.05, 0.1) is 10.2 Å². The van der Waals surface area contributed by atoms with E-state index in [1.54, 1.807) is 11.3 Å². The van der Waals surface area contributed by atoms with Crippen LogP contribution in [0, 0.1) is 0 Å². The first-order valence-electron chi connectivity index (χ1n) is 11.4. The monoisotopic (exact) mass is 457 g/mol. The van der Waals surface area contributed by atoms with Crippen molar-refractivity contribution in [3.05, 3.63) is 90.0 Å². The Morgan fingerprint density at radius 3 is 2.64 bits per heavy atom. The van der Waals surface area contributed by atoms with Crippen molar-refractivity contribution in [2.24, 2.45) is 0 Å². The average molecular weight is 458 g/mol. The molecular formula is C27H27N3O2S. The quantitative estimate of drug-likeness (QED) is 0.509. The summed E-state index contributed by atoms with van der Waals surface area (Å²) in [5.41, 5.74) is 3.06. The molecule has 2 heterocycles. The van der Waals surface area contributed by atoms with Crippen LogP contribution in [0.3, 0.4) is 0 Å². The van der Waals surface area contributed by atoms with Gasteiger partial charge in [0.1, 0.15) is 5.75 Å². The molecule has 5 rings (SSSR count). The molecule has 1 fully saturated rings. The number of para-hydroxylation sites is 1. The number of piperazine rings is 1. The molecule has 168 valence electrons. The third-order valence-corrected chi connectivity index (χ3v) is 6.94. The van der Waals surface area contributed by atoms with Crippen molar-refractivity contribution in [2.45, 2.75) is 12.8 Å². The summed E-state index contributed by atoms with van der Waals surface area (Å²) < 4.78 is 7.08. The molecule has 3 aromatic rings. The number of fused-ring (bicyclic) bond motifs is 1. The highest BCUT2D eigenvalue weighted by atomic mass is 32.1. The van der Waals surface area contributed by atoms with Crippen molar-refractivity contribution >= 4 is 27.5 Å². The van der Waals surface area contributed by atoms with Crippen molar-refractivity contribution in [2.75, 3.05) is 32.7 Å². The first kappa shape index (κ1) is 21.6. The Morgan fingerprint density at radius 2 is 1.82 bits per heavy atom. The van der Waals surface area contributed by atoms with E-state index in [-0.39, 0.29) is 5.91 Å². The summed E-state index contributed by atoms with van der Waals surface area (Å²) in [4.78, 5) is 21.7. The summed E-state index contributed by atoms with van der Waals surface area (Å²) in [5, 5.41) is 0.669. The number of hydrogen-bond donors (Lipinski definition) is 0. The van der Waals surface area contributed by atoms with Crippen LogP contribution in [-0.2, 0) is 11.2 Å². The first-order chi connectivity index (χ1) is 16.2. The lowest BCUT2D eigenvalue weighted by Gasteiger charge is -2.35. The molecule has 1 amide bonds. The van der Waals surface area contributed by atoms with E-state index in [0.717, 1.165) is 67.1 Å². The molecule has 2 aliphatic rings. The second kappa shape index (κ2) is 10.1. The molecule has 5 nitrogen and oxygen atoms in total. The van der Waals surface area contributed by atoms with Gasteiger partial charge in [-0.05, 0) is 48.7 Å². The van der Waals surface area contributed by atoms with Gasteiger partial charge in [-0.15, -0.1) is 0 Å². The maximum absolute atomic E-state index is 12.8. The fourth-order valence-electron chi connectivity index (χ4n) is 4.10. The molecule has 1 aromatic heterocycles. The largest absolute Gasteiger partial charge is 0.431 e. The van der Waals surface area contributed by atoms with E-state index in [1.807, 2.05) is 59.5 Å². The number of benzene rings is 2. The normalized spacial score (nSPS) is 16.6. The third-order valence-electron chi connectivity index (χ3n) is 6.02. The number of carbonyl (C=O) groups is 1. The van der Waals surface area contributed by atoms with E-state index in [1.165, 1.54) is 5.56 Å².